The number of benzene rings is 3. The van der Waals surface area contributed by atoms with Crippen LogP contribution >= 0.6 is 97.9 Å². The van der Waals surface area contributed by atoms with E-state index >= 15 is 0 Å². The molecule has 6 nitrogen and oxygen atoms in total. The van der Waals surface area contributed by atoms with E-state index in [2.05, 4.69) is 36.4 Å². The van der Waals surface area contributed by atoms with Crippen LogP contribution in [-0.2, 0) is 0 Å². The van der Waals surface area contributed by atoms with Crippen molar-refractivity contribution in [2.75, 3.05) is 75.2 Å². The summed E-state index contributed by atoms with van der Waals surface area (Å²) in [6.07, 6.45) is 4.22. The molecule has 3 saturated heterocycles. The number of nitrogens with one attached hydrogen (secondary N) is 2. The summed E-state index contributed by atoms with van der Waals surface area (Å²) in [6, 6.07) is 16.9. The molecule has 3 fully saturated rings. The smallest absolute Gasteiger partial charge is 0.376 e. The lowest BCUT2D eigenvalue weighted by Gasteiger charge is -2.37. The van der Waals surface area contributed by atoms with Gasteiger partial charge in [0.1, 0.15) is 0 Å². The highest BCUT2D eigenvalue weighted by molar-refractivity contribution is 9.10. The number of hydrogen-bond acceptors (Lipinski definition) is 6. The van der Waals surface area contributed by atoms with Crippen LogP contribution in [0.4, 0.5) is 11.4 Å². The second kappa shape index (κ2) is 23.2. The minimum atomic E-state index is -0.382. The average molecular weight is 852 g/mol. The van der Waals surface area contributed by atoms with Gasteiger partial charge in [0, 0.05) is 56.8 Å². The first-order valence-electron chi connectivity index (χ1n) is 15.4. The highest BCUT2D eigenvalue weighted by Crippen LogP contribution is 2.34. The van der Waals surface area contributed by atoms with Crippen molar-refractivity contribution in [3.05, 3.63) is 89.2 Å². The molecule has 3 aromatic carbocycles. The van der Waals surface area contributed by atoms with Crippen molar-refractivity contribution >= 4 is 116 Å². The Morgan fingerprint density at radius 3 is 1.40 bits per heavy atom. The van der Waals surface area contributed by atoms with E-state index in [1.165, 1.54) is 32.4 Å². The molecule has 0 atom stereocenters. The lowest BCUT2D eigenvalue weighted by Crippen LogP contribution is -2.51. The molecule has 0 spiro atoms. The molecule has 0 aromatic heterocycles. The van der Waals surface area contributed by atoms with Crippen LogP contribution in [0, 0.1) is 0 Å². The largest absolute Gasteiger partial charge is 0.437 e. The maximum atomic E-state index is 9.49. The molecule has 3 aliphatic heterocycles. The van der Waals surface area contributed by atoms with Gasteiger partial charge in [0.25, 0.3) is 0 Å². The van der Waals surface area contributed by atoms with E-state index in [-0.39, 0.29) is 19.5 Å². The van der Waals surface area contributed by atoms with Crippen molar-refractivity contribution in [2.24, 2.45) is 0 Å². The van der Waals surface area contributed by atoms with E-state index in [4.69, 9.17) is 69.6 Å². The minimum absolute atomic E-state index is 0. The van der Waals surface area contributed by atoms with Gasteiger partial charge in [0.15, 0.2) is 0 Å². The predicted octanol–water partition coefficient (Wildman–Crippen LogP) is 9.57. The molecular formula is C32H42BBrCl7N5O. The van der Waals surface area contributed by atoms with Crippen LogP contribution in [0.5, 0.6) is 0 Å². The van der Waals surface area contributed by atoms with E-state index in [1.807, 2.05) is 47.3 Å². The summed E-state index contributed by atoms with van der Waals surface area (Å²) in [7, 11) is -0.382. The number of nitrogens with zero attached hydrogens (tertiary/aromatic N) is 3. The van der Waals surface area contributed by atoms with Gasteiger partial charge < -0.3 is 30.3 Å². The molecule has 3 N–H and O–H groups in total. The fourth-order valence-corrected chi connectivity index (χ4v) is 6.61. The van der Waals surface area contributed by atoms with Gasteiger partial charge in [-0.1, -0.05) is 94.2 Å². The van der Waals surface area contributed by atoms with Crippen LogP contribution in [0.25, 0.3) is 0 Å². The maximum absolute atomic E-state index is 9.49. The first kappa shape index (κ1) is 42.8. The first-order valence-corrected chi connectivity index (χ1v) is 18.5. The Balaban J connectivity index is 0.000000230. The summed E-state index contributed by atoms with van der Waals surface area (Å²) in [5, 5.41) is 19.7. The molecule has 0 amide bonds. The molecule has 47 heavy (non-hydrogen) atoms. The SMILES string of the molecule is C1CCNCC1.CB(O)N1CCN(c2cccc(Cl)c2Cl)CC1.Cl.Clc1cccc(Br)c1Cl.Clc1cccc(N2CCNCC2)c1Cl. The second-order valence-electron chi connectivity index (χ2n) is 10.9. The third-order valence-corrected chi connectivity index (χ3v) is 10.9. The zero-order valence-corrected chi connectivity index (χ0v) is 33.2. The van der Waals surface area contributed by atoms with Crippen molar-refractivity contribution in [1.82, 2.24) is 15.4 Å². The second-order valence-corrected chi connectivity index (χ2v) is 14.1. The molecule has 3 aromatic rings. The molecule has 3 heterocycles. The van der Waals surface area contributed by atoms with Gasteiger partial charge in [-0.05, 0) is 85.1 Å². The van der Waals surface area contributed by atoms with Crippen LogP contribution in [0.3, 0.4) is 0 Å². The number of hydrogen-bond donors (Lipinski definition) is 3. The standard InChI is InChI=1S/C11H15BCl2N2O.C10H12Cl2N2.C6H3BrCl2.C5H11N.ClH/c1-12(17)16-7-5-15(6-8-16)10-4-2-3-9(13)11(10)14;11-8-2-1-3-9(10(8)12)14-6-4-13-5-7-14;7-4-2-1-3-5(8)6(4)9;1-2-4-6-5-3-1;/h2-4,17H,5-8H2,1H3;1-3,13H,4-7H2;1-3H;6H,1-5H2;1H. The van der Waals surface area contributed by atoms with Gasteiger partial charge >= 0.3 is 7.05 Å². The molecule has 0 unspecified atom stereocenters. The van der Waals surface area contributed by atoms with Gasteiger partial charge in [-0.25, -0.2) is 0 Å². The summed E-state index contributed by atoms with van der Waals surface area (Å²) >= 11 is 38.9. The van der Waals surface area contributed by atoms with Crippen molar-refractivity contribution in [1.29, 1.82) is 0 Å². The fourth-order valence-electron chi connectivity index (χ4n) is 4.99. The fraction of sp³-hybridized carbons (Fsp3) is 0.438. The molecule has 0 aliphatic carbocycles. The molecule has 260 valence electrons. The van der Waals surface area contributed by atoms with E-state index in [1.54, 1.807) is 19.0 Å². The third-order valence-electron chi connectivity index (χ3n) is 7.62. The number of halogens is 8. The lowest BCUT2D eigenvalue weighted by atomic mass is 9.84. The van der Waals surface area contributed by atoms with Crippen molar-refractivity contribution < 1.29 is 5.02 Å². The van der Waals surface area contributed by atoms with Gasteiger partial charge in [-0.2, -0.15) is 0 Å². The Kier molecular flexibility index (Phi) is 21.2. The van der Waals surface area contributed by atoms with Gasteiger partial charge in [0.05, 0.1) is 41.5 Å². The van der Waals surface area contributed by atoms with Crippen LogP contribution in [0.1, 0.15) is 19.3 Å². The van der Waals surface area contributed by atoms with Crippen molar-refractivity contribution in [3.8, 4) is 0 Å². The van der Waals surface area contributed by atoms with E-state index < -0.39 is 0 Å². The maximum Gasteiger partial charge on any atom is 0.376 e. The van der Waals surface area contributed by atoms with Crippen LogP contribution in [0.15, 0.2) is 59.1 Å². The number of piperidine rings is 1. The molecule has 0 radical (unpaired) electrons. The van der Waals surface area contributed by atoms with E-state index in [0.29, 0.717) is 30.1 Å². The molecule has 0 bridgehead atoms. The Morgan fingerprint density at radius 1 is 0.596 bits per heavy atom. The normalized spacial score (nSPS) is 16.3. The topological polar surface area (TPSA) is 54.0 Å². The molecule has 3 aliphatic rings. The molecular weight excluding hydrogens is 809 g/mol. The number of anilines is 2. The quantitative estimate of drug-likeness (QED) is 0.181. The Labute approximate surface area is 325 Å². The van der Waals surface area contributed by atoms with Crippen LogP contribution in [-0.4, -0.2) is 82.3 Å². The van der Waals surface area contributed by atoms with Gasteiger partial charge in [-0.15, -0.1) is 12.4 Å². The molecule has 6 rings (SSSR count). The van der Waals surface area contributed by atoms with E-state index in [9.17, 15) is 5.02 Å². The zero-order valence-electron chi connectivity index (χ0n) is 26.3. The minimum Gasteiger partial charge on any atom is -0.437 e. The van der Waals surface area contributed by atoms with Gasteiger partial charge in [0.2, 0.25) is 0 Å². The van der Waals surface area contributed by atoms with Crippen LogP contribution in [0.2, 0.25) is 37.0 Å². The summed E-state index contributed by atoms with van der Waals surface area (Å²) < 4.78 is 0.830. The first-order chi connectivity index (χ1) is 22.1. The Hall–Kier alpha value is -0.325. The summed E-state index contributed by atoms with van der Waals surface area (Å²) in [5.74, 6) is 0. The highest BCUT2D eigenvalue weighted by Gasteiger charge is 2.23. The highest BCUT2D eigenvalue weighted by atomic mass is 79.9. The monoisotopic (exact) mass is 847 g/mol. The number of piperazine rings is 2. The zero-order chi connectivity index (χ0) is 33.5. The summed E-state index contributed by atoms with van der Waals surface area (Å²) in [4.78, 5) is 6.49. The summed E-state index contributed by atoms with van der Waals surface area (Å²) in [5.41, 5.74) is 2.02. The predicted molar refractivity (Wildman–Crippen MR) is 214 cm³/mol. The lowest BCUT2D eigenvalue weighted by molar-refractivity contribution is 0.344. The van der Waals surface area contributed by atoms with Gasteiger partial charge in [-0.3, -0.25) is 0 Å². The van der Waals surface area contributed by atoms with Crippen molar-refractivity contribution in [2.45, 2.75) is 26.1 Å². The number of rotatable bonds is 3. The van der Waals surface area contributed by atoms with Crippen LogP contribution < -0.4 is 20.4 Å². The Bertz CT molecular complexity index is 1310. The van der Waals surface area contributed by atoms with E-state index in [0.717, 1.165) is 68.2 Å². The third kappa shape index (κ3) is 14.4. The Morgan fingerprint density at radius 2 is 1.02 bits per heavy atom. The molecule has 15 heteroatoms. The van der Waals surface area contributed by atoms with Crippen molar-refractivity contribution in [3.63, 3.8) is 0 Å². The molecule has 0 saturated carbocycles. The average Bonchev–Trinajstić information content (AvgIpc) is 3.08. The summed E-state index contributed by atoms with van der Waals surface area (Å²) in [6.45, 7) is 11.6.